The van der Waals surface area contributed by atoms with Crippen LogP contribution in [0.4, 0.5) is 4.79 Å². The first-order valence-electron chi connectivity index (χ1n) is 10.8. The summed E-state index contributed by atoms with van der Waals surface area (Å²) in [7, 11) is 1.63. The molecule has 1 saturated heterocycles. The van der Waals surface area contributed by atoms with E-state index in [0.717, 1.165) is 33.5 Å². The lowest BCUT2D eigenvalue weighted by molar-refractivity contribution is -0.129. The zero-order valence-electron chi connectivity index (χ0n) is 18.6. The van der Waals surface area contributed by atoms with Gasteiger partial charge in [0.1, 0.15) is 18.4 Å². The molecule has 0 spiro atoms. The molecule has 0 bridgehead atoms. The number of hydrogen-bond acceptors (Lipinski definition) is 4. The van der Waals surface area contributed by atoms with Crippen LogP contribution in [0.1, 0.15) is 49.7 Å². The fraction of sp³-hybridized carbons (Fsp3) is 0.360. The van der Waals surface area contributed by atoms with E-state index >= 15 is 0 Å². The van der Waals surface area contributed by atoms with Crippen molar-refractivity contribution in [2.75, 3.05) is 13.7 Å². The molecule has 2 amide bonds. The molecular weight excluding hydrogens is 406 g/mol. The number of aromatic amines is 1. The number of nitrogens with zero attached hydrogens (tertiary/aromatic N) is 1. The van der Waals surface area contributed by atoms with Crippen molar-refractivity contribution in [3.8, 4) is 5.75 Å². The van der Waals surface area contributed by atoms with Gasteiger partial charge in [-0.3, -0.25) is 9.69 Å². The SMILES string of the molecule is COc1ccc([C@@H]2c3[nH]c4ccccc4c3[C@@H](NC(=O)C(C)(C)C)[C@H]3COC(=O)N23)cc1. The predicted molar refractivity (Wildman–Crippen MR) is 120 cm³/mol. The number of fused-ring (bicyclic) bond motifs is 4. The van der Waals surface area contributed by atoms with Crippen LogP contribution in [-0.4, -0.2) is 41.6 Å². The van der Waals surface area contributed by atoms with E-state index in [4.69, 9.17) is 9.47 Å². The number of carbonyl (C=O) groups excluding carboxylic acids is 2. The molecule has 7 nitrogen and oxygen atoms in total. The minimum absolute atomic E-state index is 0.0686. The predicted octanol–water partition coefficient (Wildman–Crippen LogP) is 4.30. The van der Waals surface area contributed by atoms with Gasteiger partial charge in [-0.2, -0.15) is 0 Å². The number of H-pyrrole nitrogens is 1. The molecule has 0 radical (unpaired) electrons. The molecule has 0 aliphatic carbocycles. The molecule has 32 heavy (non-hydrogen) atoms. The number of cyclic esters (lactones) is 1. The highest BCUT2D eigenvalue weighted by molar-refractivity contribution is 5.89. The van der Waals surface area contributed by atoms with Crippen molar-refractivity contribution in [2.45, 2.75) is 38.9 Å². The van der Waals surface area contributed by atoms with Gasteiger partial charge in [0.15, 0.2) is 0 Å². The van der Waals surface area contributed by atoms with E-state index in [2.05, 4.69) is 16.4 Å². The second kappa shape index (κ2) is 7.29. The Morgan fingerprint density at radius 1 is 1.16 bits per heavy atom. The van der Waals surface area contributed by atoms with Gasteiger partial charge in [0.05, 0.1) is 19.2 Å². The molecule has 3 atom stereocenters. The van der Waals surface area contributed by atoms with Crippen molar-refractivity contribution in [3.05, 3.63) is 65.4 Å². The fourth-order valence-corrected chi connectivity index (χ4v) is 4.71. The number of hydrogen-bond donors (Lipinski definition) is 2. The smallest absolute Gasteiger partial charge is 0.411 e. The first-order chi connectivity index (χ1) is 15.3. The van der Waals surface area contributed by atoms with E-state index < -0.39 is 5.41 Å². The van der Waals surface area contributed by atoms with E-state index in [-0.39, 0.29) is 36.7 Å². The Labute approximate surface area is 186 Å². The molecular formula is C25H27N3O4. The Morgan fingerprint density at radius 2 is 1.88 bits per heavy atom. The highest BCUT2D eigenvalue weighted by atomic mass is 16.6. The Kier molecular flexibility index (Phi) is 4.65. The minimum Gasteiger partial charge on any atom is -0.497 e. The summed E-state index contributed by atoms with van der Waals surface area (Å²) in [5, 5.41) is 4.26. The first-order valence-corrected chi connectivity index (χ1v) is 10.8. The van der Waals surface area contributed by atoms with Crippen LogP contribution in [0.5, 0.6) is 5.75 Å². The molecule has 1 fully saturated rings. The summed E-state index contributed by atoms with van der Waals surface area (Å²) in [6, 6.07) is 14.7. The van der Waals surface area contributed by atoms with E-state index in [9.17, 15) is 9.59 Å². The zero-order chi connectivity index (χ0) is 22.6. The zero-order valence-corrected chi connectivity index (χ0v) is 18.6. The van der Waals surface area contributed by atoms with Crippen molar-refractivity contribution in [1.29, 1.82) is 0 Å². The molecule has 5 rings (SSSR count). The third-order valence-corrected chi connectivity index (χ3v) is 6.37. The van der Waals surface area contributed by atoms with Gasteiger partial charge in [0, 0.05) is 27.6 Å². The first kappa shape index (κ1) is 20.4. The second-order valence-corrected chi connectivity index (χ2v) is 9.43. The number of para-hydroxylation sites is 1. The number of nitrogens with one attached hydrogen (secondary N) is 2. The van der Waals surface area contributed by atoms with E-state index in [0.29, 0.717) is 0 Å². The Balaban J connectivity index is 1.71. The quantitative estimate of drug-likeness (QED) is 0.645. The standard InChI is InChI=1S/C25H27N3O4/c1-25(2,3)23(29)27-20-18-13-32-24(30)28(18)22(14-9-11-15(31-4)12-10-14)21-19(20)16-7-5-6-8-17(16)26-21/h5-12,18,20,22,26H,13H2,1-4H3,(H,27,29)/t18-,20+,22-/m1/s1. The topological polar surface area (TPSA) is 83.7 Å². The van der Waals surface area contributed by atoms with Gasteiger partial charge < -0.3 is 19.8 Å². The molecule has 3 heterocycles. The van der Waals surface area contributed by atoms with E-state index in [1.807, 2.05) is 63.2 Å². The van der Waals surface area contributed by atoms with Gasteiger partial charge in [-0.15, -0.1) is 0 Å². The Morgan fingerprint density at radius 3 is 2.56 bits per heavy atom. The lowest BCUT2D eigenvalue weighted by Gasteiger charge is -2.41. The fourth-order valence-electron chi connectivity index (χ4n) is 4.71. The summed E-state index contributed by atoms with van der Waals surface area (Å²) < 4.78 is 10.8. The van der Waals surface area contributed by atoms with E-state index in [1.165, 1.54) is 0 Å². The second-order valence-electron chi connectivity index (χ2n) is 9.43. The third kappa shape index (κ3) is 3.11. The number of rotatable bonds is 3. The lowest BCUT2D eigenvalue weighted by atomic mass is 9.84. The van der Waals surface area contributed by atoms with E-state index in [1.54, 1.807) is 12.0 Å². The molecule has 7 heteroatoms. The van der Waals surface area contributed by atoms with Crippen molar-refractivity contribution in [3.63, 3.8) is 0 Å². The van der Waals surface area contributed by atoms with Crippen LogP contribution in [0.15, 0.2) is 48.5 Å². The van der Waals surface area contributed by atoms with Crippen LogP contribution in [0, 0.1) is 5.41 Å². The molecule has 2 N–H and O–H groups in total. The highest BCUT2D eigenvalue weighted by Crippen LogP contribution is 2.47. The lowest BCUT2D eigenvalue weighted by Crippen LogP contribution is -2.52. The van der Waals surface area contributed by atoms with Crippen LogP contribution in [-0.2, 0) is 9.53 Å². The monoisotopic (exact) mass is 433 g/mol. The maximum atomic E-state index is 13.0. The van der Waals surface area contributed by atoms with Crippen molar-refractivity contribution < 1.29 is 19.1 Å². The van der Waals surface area contributed by atoms with Crippen LogP contribution in [0.2, 0.25) is 0 Å². The van der Waals surface area contributed by atoms with Crippen molar-refractivity contribution in [2.24, 2.45) is 5.41 Å². The number of benzene rings is 2. The summed E-state index contributed by atoms with van der Waals surface area (Å²) >= 11 is 0. The van der Waals surface area contributed by atoms with Gasteiger partial charge in [-0.05, 0) is 23.8 Å². The summed E-state index contributed by atoms with van der Waals surface area (Å²) in [5.74, 6) is 0.679. The van der Waals surface area contributed by atoms with Crippen LogP contribution in [0.3, 0.4) is 0 Å². The largest absolute Gasteiger partial charge is 0.497 e. The molecule has 0 unspecified atom stereocenters. The molecule has 2 aromatic carbocycles. The molecule has 3 aromatic rings. The van der Waals surface area contributed by atoms with Gasteiger partial charge in [-0.25, -0.2) is 4.79 Å². The number of methoxy groups -OCH3 is 1. The van der Waals surface area contributed by atoms with Crippen LogP contribution in [0.25, 0.3) is 10.9 Å². The van der Waals surface area contributed by atoms with Gasteiger partial charge in [0.2, 0.25) is 5.91 Å². The maximum Gasteiger partial charge on any atom is 0.411 e. The minimum atomic E-state index is -0.562. The summed E-state index contributed by atoms with van der Waals surface area (Å²) in [6.45, 7) is 5.88. The Hall–Kier alpha value is -3.48. The summed E-state index contributed by atoms with van der Waals surface area (Å²) in [6.07, 6.45) is -0.380. The third-order valence-electron chi connectivity index (χ3n) is 6.37. The van der Waals surface area contributed by atoms with Gasteiger partial charge in [-0.1, -0.05) is 51.1 Å². The van der Waals surface area contributed by atoms with Gasteiger partial charge >= 0.3 is 6.09 Å². The van der Waals surface area contributed by atoms with Crippen molar-refractivity contribution in [1.82, 2.24) is 15.2 Å². The number of aromatic nitrogens is 1. The molecule has 2 aliphatic rings. The molecule has 0 saturated carbocycles. The molecule has 166 valence electrons. The van der Waals surface area contributed by atoms with Crippen LogP contribution >= 0.6 is 0 Å². The van der Waals surface area contributed by atoms with Gasteiger partial charge in [0.25, 0.3) is 0 Å². The normalized spacial score (nSPS) is 22.3. The molecule has 2 aliphatic heterocycles. The van der Waals surface area contributed by atoms with Crippen LogP contribution < -0.4 is 10.1 Å². The number of ether oxygens (including phenoxy) is 2. The summed E-state index contributed by atoms with van der Waals surface area (Å²) in [5.41, 5.74) is 3.26. The summed E-state index contributed by atoms with van der Waals surface area (Å²) in [4.78, 5) is 31.2. The number of carbonyl (C=O) groups is 2. The Bertz CT molecular complexity index is 1190. The highest BCUT2D eigenvalue weighted by Gasteiger charge is 2.51. The average molecular weight is 434 g/mol. The average Bonchev–Trinajstić information content (AvgIpc) is 3.34. The van der Waals surface area contributed by atoms with Crippen molar-refractivity contribution >= 4 is 22.9 Å². The maximum absolute atomic E-state index is 13.0. The number of amides is 2. The molecule has 1 aromatic heterocycles.